The van der Waals surface area contributed by atoms with Crippen LogP contribution in [0, 0.1) is 0 Å². The Balaban J connectivity index is 0.00000208. The number of hydrogen-bond acceptors (Lipinski definition) is 2. The predicted octanol–water partition coefficient (Wildman–Crippen LogP) is 1.24. The molecule has 5 heteroatoms. The molecule has 1 fully saturated rings. The van der Waals surface area contributed by atoms with E-state index in [4.69, 9.17) is 9.31 Å². The van der Waals surface area contributed by atoms with Crippen LogP contribution in [0.1, 0.15) is 47.5 Å². The Morgan fingerprint density at radius 3 is 2.25 bits per heavy atom. The fraction of sp³-hybridized carbons (Fsp3) is 0.579. The van der Waals surface area contributed by atoms with Crippen molar-refractivity contribution in [2.24, 2.45) is 7.05 Å². The van der Waals surface area contributed by atoms with Gasteiger partial charge < -0.3 is 13.9 Å². The van der Waals surface area contributed by atoms with Gasteiger partial charge in [0.2, 0.25) is 0 Å². The molecule has 1 aromatic carbocycles. The molecule has 0 radical (unpaired) electrons. The van der Waals surface area contributed by atoms with Gasteiger partial charge in [-0.2, -0.15) is 5.46 Å². The largest absolute Gasteiger partial charge is 1.00 e. The summed E-state index contributed by atoms with van der Waals surface area (Å²) in [5.41, 5.74) is 1.83. The first-order valence-corrected chi connectivity index (χ1v) is 8.82. The summed E-state index contributed by atoms with van der Waals surface area (Å²) in [5.74, 6) is 0. The van der Waals surface area contributed by atoms with Crippen LogP contribution in [-0.2, 0) is 16.4 Å². The zero-order valence-corrected chi connectivity index (χ0v) is 16.3. The van der Waals surface area contributed by atoms with Crippen LogP contribution in [0.4, 0.5) is 0 Å². The van der Waals surface area contributed by atoms with E-state index in [1.165, 1.54) is 16.4 Å². The zero-order chi connectivity index (χ0) is 16.9. The first-order chi connectivity index (χ1) is 10.7. The summed E-state index contributed by atoms with van der Waals surface area (Å²) in [5, 5.41) is 1.25. The van der Waals surface area contributed by atoms with E-state index in [0.717, 1.165) is 19.2 Å². The number of hydrogen-bond donors (Lipinski definition) is 0. The number of rotatable bonds is 4. The molecule has 0 saturated carbocycles. The van der Waals surface area contributed by atoms with Gasteiger partial charge in [-0.05, 0) is 45.2 Å². The molecular weight excluding hydrogens is 292 g/mol. The van der Waals surface area contributed by atoms with Crippen LogP contribution in [0.3, 0.4) is 0 Å². The van der Waals surface area contributed by atoms with Gasteiger partial charge in [-0.15, -0.1) is 6.32 Å². The SMILES string of the molecule is CCCC[B-]1(c2ccc3c(ccn3C)c2)OC(C)(C)C(C)(C)O1.[Li+]. The Bertz CT molecular complexity index is 707. The van der Waals surface area contributed by atoms with Crippen molar-refractivity contribution in [2.75, 3.05) is 0 Å². The van der Waals surface area contributed by atoms with E-state index in [2.05, 4.69) is 76.7 Å². The van der Waals surface area contributed by atoms with Gasteiger partial charge in [0.05, 0.1) is 0 Å². The number of aryl methyl sites for hydroxylation is 1. The molecule has 3 rings (SSSR count). The van der Waals surface area contributed by atoms with E-state index in [1.807, 2.05) is 0 Å². The maximum absolute atomic E-state index is 6.63. The Labute approximate surface area is 158 Å². The third-order valence-corrected chi connectivity index (χ3v) is 5.77. The number of unbranched alkanes of at least 4 members (excludes halogenated alkanes) is 1. The average molecular weight is 321 g/mol. The predicted molar refractivity (Wildman–Crippen MR) is 98.4 cm³/mol. The third-order valence-electron chi connectivity index (χ3n) is 5.77. The van der Waals surface area contributed by atoms with E-state index >= 15 is 0 Å². The van der Waals surface area contributed by atoms with Crippen LogP contribution < -0.4 is 24.3 Å². The summed E-state index contributed by atoms with van der Waals surface area (Å²) in [4.78, 5) is 0. The van der Waals surface area contributed by atoms with Crippen LogP contribution in [0.2, 0.25) is 6.32 Å². The van der Waals surface area contributed by atoms with Gasteiger partial charge in [0.25, 0.3) is 6.55 Å². The van der Waals surface area contributed by atoms with Gasteiger partial charge in [-0.25, -0.2) is 0 Å². The Kier molecular flexibility index (Phi) is 5.39. The Morgan fingerprint density at radius 1 is 1.04 bits per heavy atom. The van der Waals surface area contributed by atoms with Crippen molar-refractivity contribution in [3.8, 4) is 0 Å². The molecule has 1 aliphatic heterocycles. The van der Waals surface area contributed by atoms with E-state index in [1.54, 1.807) is 0 Å². The number of fused-ring (bicyclic) bond motifs is 1. The quantitative estimate of drug-likeness (QED) is 0.791. The van der Waals surface area contributed by atoms with Crippen molar-refractivity contribution in [2.45, 2.75) is 65.0 Å². The topological polar surface area (TPSA) is 23.4 Å². The van der Waals surface area contributed by atoms with E-state index < -0.39 is 6.55 Å². The summed E-state index contributed by atoms with van der Waals surface area (Å²) < 4.78 is 15.4. The fourth-order valence-corrected chi connectivity index (χ4v) is 3.73. The molecule has 0 spiro atoms. The van der Waals surface area contributed by atoms with Crippen molar-refractivity contribution in [1.82, 2.24) is 4.57 Å². The maximum Gasteiger partial charge on any atom is 1.00 e. The molecule has 2 heterocycles. The summed E-state index contributed by atoms with van der Waals surface area (Å²) >= 11 is 0. The van der Waals surface area contributed by atoms with Crippen LogP contribution in [0.5, 0.6) is 0 Å². The van der Waals surface area contributed by atoms with Crippen molar-refractivity contribution in [1.29, 1.82) is 0 Å². The Hall–Kier alpha value is -0.658. The van der Waals surface area contributed by atoms with Gasteiger partial charge in [-0.3, -0.25) is 0 Å². The van der Waals surface area contributed by atoms with E-state index in [-0.39, 0.29) is 30.1 Å². The molecule has 0 unspecified atom stereocenters. The molecule has 1 saturated heterocycles. The smallest absolute Gasteiger partial charge is 0.558 e. The van der Waals surface area contributed by atoms with E-state index in [0.29, 0.717) is 0 Å². The van der Waals surface area contributed by atoms with Gasteiger partial charge in [0.15, 0.2) is 0 Å². The first kappa shape index (κ1) is 19.7. The average Bonchev–Trinajstić information content (AvgIpc) is 2.93. The van der Waals surface area contributed by atoms with Crippen LogP contribution in [-0.4, -0.2) is 22.3 Å². The second-order valence-corrected chi connectivity index (χ2v) is 8.01. The second-order valence-electron chi connectivity index (χ2n) is 8.01. The molecule has 126 valence electrons. The van der Waals surface area contributed by atoms with Crippen LogP contribution in [0.25, 0.3) is 10.9 Å². The molecule has 0 amide bonds. The molecule has 0 atom stereocenters. The first-order valence-electron chi connectivity index (χ1n) is 8.82. The van der Waals surface area contributed by atoms with Crippen LogP contribution in [0.15, 0.2) is 30.5 Å². The minimum Gasteiger partial charge on any atom is -0.558 e. The summed E-state index contributed by atoms with van der Waals surface area (Å²) in [6.45, 7) is 9.34. The summed E-state index contributed by atoms with van der Waals surface area (Å²) in [6.07, 6.45) is 5.30. The normalized spacial score (nSPS) is 20.9. The fourth-order valence-electron chi connectivity index (χ4n) is 3.73. The molecule has 0 bridgehead atoms. The van der Waals surface area contributed by atoms with Crippen LogP contribution >= 0.6 is 0 Å². The molecule has 3 nitrogen and oxygen atoms in total. The van der Waals surface area contributed by atoms with E-state index in [9.17, 15) is 0 Å². The molecule has 0 aliphatic carbocycles. The standard InChI is InChI=1S/C19H29BNO2.Li/c1-7-8-12-20(22-18(2,3)19(4,5)23-20)16-9-10-17-15(14-16)11-13-21(17)6;/h9-11,13-14H,7-8,12H2,1-6H3;/q-1;+1. The number of nitrogens with zero attached hydrogens (tertiary/aromatic N) is 1. The molecule has 2 aromatic rings. The molecule has 1 aromatic heterocycles. The summed E-state index contributed by atoms with van der Waals surface area (Å²) in [6, 6.07) is 8.79. The monoisotopic (exact) mass is 321 g/mol. The van der Waals surface area contributed by atoms with Crippen molar-refractivity contribution < 1.29 is 28.2 Å². The number of benzene rings is 1. The van der Waals surface area contributed by atoms with Gasteiger partial charge in [0, 0.05) is 30.0 Å². The zero-order valence-electron chi connectivity index (χ0n) is 16.3. The molecular formula is C19H29BLiNO2. The summed E-state index contributed by atoms with van der Waals surface area (Å²) in [7, 11) is 2.08. The van der Waals surface area contributed by atoms with Gasteiger partial charge >= 0.3 is 18.9 Å². The molecule has 1 aliphatic rings. The van der Waals surface area contributed by atoms with Crippen molar-refractivity contribution in [3.05, 3.63) is 30.5 Å². The number of aromatic nitrogens is 1. The minimum atomic E-state index is -1.44. The van der Waals surface area contributed by atoms with Crippen molar-refractivity contribution in [3.63, 3.8) is 0 Å². The Morgan fingerprint density at radius 2 is 1.67 bits per heavy atom. The molecule has 24 heavy (non-hydrogen) atoms. The second kappa shape index (κ2) is 6.57. The minimum absolute atomic E-state index is 0. The van der Waals surface area contributed by atoms with Gasteiger partial charge in [-0.1, -0.05) is 31.9 Å². The maximum atomic E-state index is 6.63. The third kappa shape index (κ3) is 3.10. The van der Waals surface area contributed by atoms with Gasteiger partial charge in [0.1, 0.15) is 0 Å². The van der Waals surface area contributed by atoms with Crippen molar-refractivity contribution >= 4 is 22.9 Å². The molecule has 0 N–H and O–H groups in total.